The second-order valence-electron chi connectivity index (χ2n) is 1.99. The van der Waals surface area contributed by atoms with Gasteiger partial charge >= 0.3 is 6.09 Å². The van der Waals surface area contributed by atoms with E-state index in [-0.39, 0.29) is 0 Å². The normalized spacial score (nSPS) is 8.64. The van der Waals surface area contributed by atoms with Gasteiger partial charge in [0.05, 0.1) is 7.11 Å². The molecular weight excluding hydrogens is 144 g/mol. The first-order chi connectivity index (χ1) is 5.24. The number of nitrogens with one attached hydrogen (secondary N) is 1. The van der Waals surface area contributed by atoms with E-state index in [0.717, 1.165) is 18.6 Å². The van der Waals surface area contributed by atoms with Crippen molar-refractivity contribution < 1.29 is 9.53 Å². The van der Waals surface area contributed by atoms with Gasteiger partial charge in [-0.25, -0.2) is 10.2 Å². The molecule has 0 atom stereocenters. The van der Waals surface area contributed by atoms with Gasteiger partial charge in [0.2, 0.25) is 0 Å². The van der Waals surface area contributed by atoms with Crippen LogP contribution >= 0.6 is 0 Å². The summed E-state index contributed by atoms with van der Waals surface area (Å²) >= 11 is 0. The molecule has 0 aromatic heterocycles. The Labute approximate surface area is 66.6 Å². The van der Waals surface area contributed by atoms with E-state index in [0.29, 0.717) is 0 Å². The number of ether oxygens (including phenoxy) is 1. The monoisotopic (exact) mass is 158 g/mol. The molecule has 0 aliphatic rings. The minimum absolute atomic E-state index is 0.524. The number of methoxy groups -OCH3 is 1. The number of carbonyl (C=O) groups excluding carboxylic acids is 1. The molecule has 0 radical (unpaired) electrons. The third-order valence-corrected chi connectivity index (χ3v) is 1.31. The van der Waals surface area contributed by atoms with Gasteiger partial charge in [-0.3, -0.25) is 0 Å². The van der Waals surface area contributed by atoms with Crippen LogP contribution in [0.2, 0.25) is 0 Å². The van der Waals surface area contributed by atoms with Gasteiger partial charge in [-0.1, -0.05) is 13.8 Å². The van der Waals surface area contributed by atoms with Crippen LogP contribution in [0.25, 0.3) is 0 Å². The maximum absolute atomic E-state index is 10.5. The summed E-state index contributed by atoms with van der Waals surface area (Å²) < 4.78 is 4.33. The zero-order valence-corrected chi connectivity index (χ0v) is 7.18. The highest BCUT2D eigenvalue weighted by atomic mass is 16.5. The summed E-state index contributed by atoms with van der Waals surface area (Å²) in [4.78, 5) is 10.5. The van der Waals surface area contributed by atoms with Crippen molar-refractivity contribution in [2.45, 2.75) is 26.7 Å². The Bertz CT molecular complexity index is 149. The van der Waals surface area contributed by atoms with E-state index in [1.165, 1.54) is 7.11 Å². The zero-order chi connectivity index (χ0) is 8.69. The van der Waals surface area contributed by atoms with Gasteiger partial charge in [-0.15, -0.1) is 0 Å². The van der Waals surface area contributed by atoms with Crippen LogP contribution in [0.15, 0.2) is 5.10 Å². The van der Waals surface area contributed by atoms with E-state index >= 15 is 0 Å². The van der Waals surface area contributed by atoms with Crippen LogP contribution in [-0.4, -0.2) is 18.9 Å². The average Bonchev–Trinajstić information content (AvgIpc) is 2.06. The van der Waals surface area contributed by atoms with Crippen molar-refractivity contribution in [2.24, 2.45) is 5.10 Å². The highest BCUT2D eigenvalue weighted by molar-refractivity contribution is 5.84. The summed E-state index contributed by atoms with van der Waals surface area (Å²) in [6.45, 7) is 3.97. The molecule has 0 aliphatic heterocycles. The lowest BCUT2D eigenvalue weighted by atomic mass is 10.2. The summed E-state index contributed by atoms with van der Waals surface area (Å²) in [5.74, 6) is 0. The van der Waals surface area contributed by atoms with Crippen LogP contribution in [0.4, 0.5) is 4.79 Å². The summed E-state index contributed by atoms with van der Waals surface area (Å²) in [6, 6.07) is 0. The van der Waals surface area contributed by atoms with Gasteiger partial charge in [0.15, 0.2) is 0 Å². The first-order valence-electron chi connectivity index (χ1n) is 3.64. The molecule has 64 valence electrons. The molecule has 1 amide bonds. The van der Waals surface area contributed by atoms with Gasteiger partial charge in [-0.2, -0.15) is 5.10 Å². The van der Waals surface area contributed by atoms with Gasteiger partial charge in [-0.05, 0) is 12.8 Å². The molecule has 0 fully saturated rings. The summed E-state index contributed by atoms with van der Waals surface area (Å²) in [6.07, 6.45) is 1.17. The lowest BCUT2D eigenvalue weighted by molar-refractivity contribution is 0.171. The minimum Gasteiger partial charge on any atom is -0.452 e. The largest absolute Gasteiger partial charge is 0.452 e. The summed E-state index contributed by atoms with van der Waals surface area (Å²) in [5, 5.41) is 3.82. The second kappa shape index (κ2) is 5.70. The first kappa shape index (κ1) is 9.94. The maximum Gasteiger partial charge on any atom is 0.427 e. The number of amides is 1. The quantitative estimate of drug-likeness (QED) is 0.500. The molecule has 0 spiro atoms. The minimum atomic E-state index is -0.524. The van der Waals surface area contributed by atoms with Crippen molar-refractivity contribution >= 4 is 11.8 Å². The first-order valence-corrected chi connectivity index (χ1v) is 3.64. The molecule has 4 nitrogen and oxygen atoms in total. The van der Waals surface area contributed by atoms with Crippen LogP contribution in [-0.2, 0) is 4.74 Å². The Balaban J connectivity index is 3.78. The molecule has 4 heteroatoms. The van der Waals surface area contributed by atoms with E-state index in [1.807, 2.05) is 13.8 Å². The van der Waals surface area contributed by atoms with Crippen molar-refractivity contribution in [3.8, 4) is 0 Å². The highest BCUT2D eigenvalue weighted by Gasteiger charge is 1.95. The van der Waals surface area contributed by atoms with Crippen LogP contribution in [0.3, 0.4) is 0 Å². The molecule has 0 saturated heterocycles. The van der Waals surface area contributed by atoms with Crippen molar-refractivity contribution in [1.29, 1.82) is 0 Å². The maximum atomic E-state index is 10.5. The molecule has 0 heterocycles. The van der Waals surface area contributed by atoms with Crippen LogP contribution in [0.5, 0.6) is 0 Å². The molecule has 0 rings (SSSR count). The van der Waals surface area contributed by atoms with Crippen molar-refractivity contribution in [1.82, 2.24) is 5.43 Å². The van der Waals surface area contributed by atoms with E-state index in [4.69, 9.17) is 0 Å². The van der Waals surface area contributed by atoms with E-state index in [9.17, 15) is 4.79 Å². The van der Waals surface area contributed by atoms with Gasteiger partial charge < -0.3 is 4.74 Å². The molecule has 0 unspecified atom stereocenters. The fourth-order valence-electron chi connectivity index (χ4n) is 0.578. The standard InChI is InChI=1S/C7H14N2O2/c1-4-6(5-2)8-9-7(10)11-3/h4-5H2,1-3H3,(H,9,10). The van der Waals surface area contributed by atoms with Gasteiger partial charge in [0.1, 0.15) is 0 Å². The predicted octanol–water partition coefficient (Wildman–Crippen LogP) is 1.52. The number of hydrogen-bond acceptors (Lipinski definition) is 3. The third kappa shape index (κ3) is 4.36. The van der Waals surface area contributed by atoms with Crippen LogP contribution in [0, 0.1) is 0 Å². The molecule has 0 saturated carbocycles. The average molecular weight is 158 g/mol. The fraction of sp³-hybridized carbons (Fsp3) is 0.714. The van der Waals surface area contributed by atoms with Crippen LogP contribution in [0.1, 0.15) is 26.7 Å². The number of carbonyl (C=O) groups is 1. The van der Waals surface area contributed by atoms with E-state index in [1.54, 1.807) is 0 Å². The number of hydrogen-bond donors (Lipinski definition) is 1. The molecular formula is C7H14N2O2. The van der Waals surface area contributed by atoms with E-state index < -0.39 is 6.09 Å². The SMILES string of the molecule is CCC(CC)=NNC(=O)OC. The summed E-state index contributed by atoms with van der Waals surface area (Å²) in [7, 11) is 1.31. The van der Waals surface area contributed by atoms with Crippen molar-refractivity contribution in [3.63, 3.8) is 0 Å². The van der Waals surface area contributed by atoms with Crippen molar-refractivity contribution in [2.75, 3.05) is 7.11 Å². The van der Waals surface area contributed by atoms with Crippen molar-refractivity contribution in [3.05, 3.63) is 0 Å². The fourth-order valence-corrected chi connectivity index (χ4v) is 0.578. The Morgan fingerprint density at radius 3 is 2.36 bits per heavy atom. The number of rotatable bonds is 3. The molecule has 11 heavy (non-hydrogen) atoms. The van der Waals surface area contributed by atoms with Crippen LogP contribution < -0.4 is 5.43 Å². The molecule has 0 aliphatic carbocycles. The highest BCUT2D eigenvalue weighted by Crippen LogP contribution is 1.89. The van der Waals surface area contributed by atoms with Gasteiger partial charge in [0.25, 0.3) is 0 Å². The molecule has 1 N–H and O–H groups in total. The smallest absolute Gasteiger partial charge is 0.427 e. The Hall–Kier alpha value is -1.06. The molecule has 0 aromatic rings. The number of hydrazone groups is 1. The lowest BCUT2D eigenvalue weighted by Gasteiger charge is -1.99. The third-order valence-electron chi connectivity index (χ3n) is 1.31. The molecule has 0 bridgehead atoms. The Kier molecular flexibility index (Phi) is 5.15. The zero-order valence-electron chi connectivity index (χ0n) is 7.18. The second-order valence-corrected chi connectivity index (χ2v) is 1.99. The number of nitrogens with zero attached hydrogens (tertiary/aromatic N) is 1. The topological polar surface area (TPSA) is 50.7 Å². The Morgan fingerprint density at radius 1 is 1.45 bits per heavy atom. The van der Waals surface area contributed by atoms with Gasteiger partial charge in [0, 0.05) is 5.71 Å². The predicted molar refractivity (Wildman–Crippen MR) is 43.6 cm³/mol. The lowest BCUT2D eigenvalue weighted by Crippen LogP contribution is -2.18. The van der Waals surface area contributed by atoms with E-state index in [2.05, 4.69) is 15.3 Å². The Morgan fingerprint density at radius 2 is 2.00 bits per heavy atom. The molecule has 0 aromatic carbocycles. The summed E-state index contributed by atoms with van der Waals surface area (Å²) in [5.41, 5.74) is 3.22.